The van der Waals surface area contributed by atoms with Crippen LogP contribution in [0.2, 0.25) is 0 Å². The van der Waals surface area contributed by atoms with Crippen molar-refractivity contribution in [3.05, 3.63) is 53.6 Å². The van der Waals surface area contributed by atoms with Crippen LogP contribution in [0, 0.1) is 5.92 Å². The lowest BCUT2D eigenvalue weighted by molar-refractivity contribution is -0.116. The summed E-state index contributed by atoms with van der Waals surface area (Å²) in [5.74, 6) is 0.189. The van der Waals surface area contributed by atoms with Gasteiger partial charge in [0.15, 0.2) is 11.5 Å². The molecule has 0 fully saturated rings. The van der Waals surface area contributed by atoms with E-state index in [-0.39, 0.29) is 23.5 Å². The number of rotatable bonds is 7. The van der Waals surface area contributed by atoms with Crippen molar-refractivity contribution in [1.82, 2.24) is 5.43 Å². The van der Waals surface area contributed by atoms with Gasteiger partial charge >= 0.3 is 0 Å². The van der Waals surface area contributed by atoms with Crippen molar-refractivity contribution in [3.8, 4) is 11.5 Å². The number of aromatic hydroxyl groups is 1. The fourth-order valence-corrected chi connectivity index (χ4v) is 2.29. The van der Waals surface area contributed by atoms with Crippen LogP contribution in [-0.2, 0) is 4.79 Å². The number of benzene rings is 2. The summed E-state index contributed by atoms with van der Waals surface area (Å²) < 4.78 is 5.01. The Hall–Kier alpha value is -3.35. The minimum atomic E-state index is -0.378. The molecule has 0 aliphatic carbocycles. The summed E-state index contributed by atoms with van der Waals surface area (Å²) in [4.78, 5) is 23.9. The molecule has 142 valence electrons. The molecule has 0 unspecified atom stereocenters. The summed E-state index contributed by atoms with van der Waals surface area (Å²) in [5, 5.41) is 16.2. The zero-order valence-corrected chi connectivity index (χ0v) is 15.5. The van der Waals surface area contributed by atoms with Crippen LogP contribution < -0.4 is 15.5 Å². The maximum Gasteiger partial charge on any atom is 0.271 e. The molecule has 0 aromatic heterocycles. The molecule has 27 heavy (non-hydrogen) atoms. The van der Waals surface area contributed by atoms with E-state index in [1.165, 1.54) is 19.4 Å². The number of phenols is 1. The monoisotopic (exact) mass is 369 g/mol. The molecular formula is C20H23N3O4. The van der Waals surface area contributed by atoms with Gasteiger partial charge in [-0.2, -0.15) is 5.10 Å². The Kier molecular flexibility index (Phi) is 6.93. The van der Waals surface area contributed by atoms with Crippen LogP contribution >= 0.6 is 0 Å². The van der Waals surface area contributed by atoms with E-state index >= 15 is 0 Å². The number of carbonyl (C=O) groups is 2. The van der Waals surface area contributed by atoms with Crippen molar-refractivity contribution in [2.75, 3.05) is 12.4 Å². The van der Waals surface area contributed by atoms with Gasteiger partial charge in [-0.3, -0.25) is 9.59 Å². The van der Waals surface area contributed by atoms with Gasteiger partial charge in [-0.05, 0) is 53.9 Å². The van der Waals surface area contributed by atoms with E-state index in [0.717, 1.165) is 0 Å². The highest BCUT2D eigenvalue weighted by Crippen LogP contribution is 2.25. The van der Waals surface area contributed by atoms with E-state index < -0.39 is 0 Å². The summed E-state index contributed by atoms with van der Waals surface area (Å²) >= 11 is 0. The number of methoxy groups -OCH3 is 1. The average molecular weight is 369 g/mol. The van der Waals surface area contributed by atoms with Gasteiger partial charge in [0.2, 0.25) is 5.91 Å². The number of phenolic OH excluding ortho intramolecular Hbond substituents is 1. The molecule has 0 bridgehead atoms. The van der Waals surface area contributed by atoms with Crippen LogP contribution in [0.5, 0.6) is 11.5 Å². The first kappa shape index (κ1) is 20.0. The molecule has 0 atom stereocenters. The SMILES string of the molecule is COc1cc(/C=N/NC(=O)c2ccc(NC(=O)CC(C)C)cc2)ccc1O. The van der Waals surface area contributed by atoms with Crippen molar-refractivity contribution in [2.24, 2.45) is 11.0 Å². The zero-order chi connectivity index (χ0) is 19.8. The Morgan fingerprint density at radius 1 is 1.19 bits per heavy atom. The topological polar surface area (TPSA) is 100 Å². The molecule has 2 aromatic carbocycles. The van der Waals surface area contributed by atoms with Crippen LogP contribution in [0.3, 0.4) is 0 Å². The summed E-state index contributed by atoms with van der Waals surface area (Å²) in [6.07, 6.45) is 1.89. The number of nitrogens with zero attached hydrogens (tertiary/aromatic N) is 1. The van der Waals surface area contributed by atoms with E-state index in [1.54, 1.807) is 36.4 Å². The molecule has 2 amide bonds. The first-order valence-corrected chi connectivity index (χ1v) is 8.49. The van der Waals surface area contributed by atoms with E-state index in [0.29, 0.717) is 29.0 Å². The first-order valence-electron chi connectivity index (χ1n) is 8.49. The van der Waals surface area contributed by atoms with Crippen LogP contribution in [-0.4, -0.2) is 30.2 Å². The first-order chi connectivity index (χ1) is 12.9. The summed E-state index contributed by atoms with van der Waals surface area (Å²) in [6.45, 7) is 3.95. The maximum absolute atomic E-state index is 12.1. The Bertz CT molecular complexity index is 830. The van der Waals surface area contributed by atoms with Crippen molar-refractivity contribution >= 4 is 23.7 Å². The second-order valence-corrected chi connectivity index (χ2v) is 6.35. The van der Waals surface area contributed by atoms with E-state index in [1.807, 2.05) is 13.8 Å². The van der Waals surface area contributed by atoms with Crippen LogP contribution in [0.15, 0.2) is 47.6 Å². The van der Waals surface area contributed by atoms with Gasteiger partial charge in [-0.1, -0.05) is 13.8 Å². The van der Waals surface area contributed by atoms with Gasteiger partial charge in [-0.15, -0.1) is 0 Å². The lowest BCUT2D eigenvalue weighted by atomic mass is 10.1. The highest BCUT2D eigenvalue weighted by Gasteiger charge is 2.07. The third-order valence-electron chi connectivity index (χ3n) is 3.61. The number of ether oxygens (including phenoxy) is 1. The van der Waals surface area contributed by atoms with Gasteiger partial charge in [0.1, 0.15) is 0 Å². The van der Waals surface area contributed by atoms with E-state index in [2.05, 4.69) is 15.8 Å². The zero-order valence-electron chi connectivity index (χ0n) is 15.5. The minimum Gasteiger partial charge on any atom is -0.504 e. The predicted molar refractivity (Wildman–Crippen MR) is 104 cm³/mol. The van der Waals surface area contributed by atoms with Crippen LogP contribution in [0.1, 0.15) is 36.2 Å². The molecule has 0 radical (unpaired) electrons. The lowest BCUT2D eigenvalue weighted by Gasteiger charge is -2.07. The molecule has 7 heteroatoms. The van der Waals surface area contributed by atoms with Gasteiger partial charge in [0.05, 0.1) is 13.3 Å². The van der Waals surface area contributed by atoms with Gasteiger partial charge in [0.25, 0.3) is 5.91 Å². The number of nitrogens with one attached hydrogen (secondary N) is 2. The fraction of sp³-hybridized carbons (Fsp3) is 0.250. The lowest BCUT2D eigenvalue weighted by Crippen LogP contribution is -2.18. The number of hydrogen-bond acceptors (Lipinski definition) is 5. The summed E-state index contributed by atoms with van der Waals surface area (Å²) in [5.41, 5.74) is 4.14. The molecule has 0 heterocycles. The van der Waals surface area contributed by atoms with Crippen molar-refractivity contribution < 1.29 is 19.4 Å². The molecule has 0 spiro atoms. The molecule has 0 saturated carbocycles. The number of hydrogen-bond donors (Lipinski definition) is 3. The highest BCUT2D eigenvalue weighted by molar-refractivity contribution is 5.96. The highest BCUT2D eigenvalue weighted by atomic mass is 16.5. The van der Waals surface area contributed by atoms with Crippen LogP contribution in [0.4, 0.5) is 5.69 Å². The fourth-order valence-electron chi connectivity index (χ4n) is 2.29. The van der Waals surface area contributed by atoms with Crippen molar-refractivity contribution in [2.45, 2.75) is 20.3 Å². The Morgan fingerprint density at radius 3 is 2.52 bits per heavy atom. The molecule has 7 nitrogen and oxygen atoms in total. The quantitative estimate of drug-likeness (QED) is 0.515. The Morgan fingerprint density at radius 2 is 1.89 bits per heavy atom. The van der Waals surface area contributed by atoms with E-state index in [9.17, 15) is 14.7 Å². The second kappa shape index (κ2) is 9.38. The molecule has 0 aliphatic rings. The molecule has 0 aliphatic heterocycles. The summed E-state index contributed by atoms with van der Waals surface area (Å²) in [6, 6.07) is 11.3. The molecule has 2 rings (SSSR count). The summed E-state index contributed by atoms with van der Waals surface area (Å²) in [7, 11) is 1.45. The third-order valence-corrected chi connectivity index (χ3v) is 3.61. The number of anilines is 1. The Balaban J connectivity index is 1.93. The third kappa shape index (κ3) is 6.14. The number of amides is 2. The smallest absolute Gasteiger partial charge is 0.271 e. The van der Waals surface area contributed by atoms with E-state index in [4.69, 9.17) is 4.74 Å². The molecular weight excluding hydrogens is 346 g/mol. The van der Waals surface area contributed by atoms with Crippen molar-refractivity contribution in [3.63, 3.8) is 0 Å². The molecule has 2 aromatic rings. The van der Waals surface area contributed by atoms with Gasteiger partial charge in [-0.25, -0.2) is 5.43 Å². The largest absolute Gasteiger partial charge is 0.504 e. The molecule has 3 N–H and O–H groups in total. The predicted octanol–water partition coefficient (Wildman–Crippen LogP) is 3.15. The van der Waals surface area contributed by atoms with Crippen LogP contribution in [0.25, 0.3) is 0 Å². The minimum absolute atomic E-state index is 0.0271. The van der Waals surface area contributed by atoms with Crippen molar-refractivity contribution in [1.29, 1.82) is 0 Å². The number of carbonyl (C=O) groups excluding carboxylic acids is 2. The Labute approximate surface area is 158 Å². The molecule has 0 saturated heterocycles. The standard InChI is InChI=1S/C20H23N3O4/c1-13(2)10-19(25)22-16-7-5-15(6-8-16)20(26)23-21-12-14-4-9-17(24)18(11-14)27-3/h4-9,11-13,24H,10H2,1-3H3,(H,22,25)(H,23,26)/b21-12+. The maximum atomic E-state index is 12.1. The average Bonchev–Trinajstić information content (AvgIpc) is 2.62. The van der Waals surface area contributed by atoms with Gasteiger partial charge in [0, 0.05) is 17.7 Å². The number of hydrazone groups is 1. The van der Waals surface area contributed by atoms with Gasteiger partial charge < -0.3 is 15.2 Å². The normalized spacial score (nSPS) is 10.8. The second-order valence-electron chi connectivity index (χ2n) is 6.35.